The summed E-state index contributed by atoms with van der Waals surface area (Å²) in [5.74, 6) is -1.15. The molecule has 0 saturated carbocycles. The topological polar surface area (TPSA) is 108 Å². The number of halogens is 1. The summed E-state index contributed by atoms with van der Waals surface area (Å²) in [6.45, 7) is 3.38. The van der Waals surface area contributed by atoms with Crippen molar-refractivity contribution in [3.05, 3.63) is 76.3 Å². The Morgan fingerprint density at radius 3 is 2.48 bits per heavy atom. The van der Waals surface area contributed by atoms with Crippen LogP contribution >= 0.6 is 30.2 Å². The van der Waals surface area contributed by atoms with E-state index in [-0.39, 0.29) is 16.7 Å². The second-order valence-electron chi connectivity index (χ2n) is 9.79. The number of nitrogens with one attached hydrogen (secondary N) is 1. The number of hydrogen-bond donors (Lipinski definition) is 2. The maximum absolute atomic E-state index is 14.5. The highest BCUT2D eigenvalue weighted by molar-refractivity contribution is 7.72. The Morgan fingerprint density at radius 2 is 1.85 bits per heavy atom. The monoisotopic (exact) mass is 597 g/mol. The van der Waals surface area contributed by atoms with Crippen molar-refractivity contribution in [2.45, 2.75) is 19.3 Å². The molecule has 5 rings (SSSR count). The van der Waals surface area contributed by atoms with E-state index < -0.39 is 13.3 Å². The van der Waals surface area contributed by atoms with Gasteiger partial charge in [-0.15, -0.1) is 11.3 Å². The van der Waals surface area contributed by atoms with Crippen molar-refractivity contribution in [1.82, 2.24) is 0 Å². The Kier molecular flexibility index (Phi) is 8.57. The summed E-state index contributed by atoms with van der Waals surface area (Å²) in [4.78, 5) is 29.7. The predicted octanol–water partition coefficient (Wildman–Crippen LogP) is 6.53. The molecule has 0 spiro atoms. The average molecular weight is 598 g/mol. The average Bonchev–Trinajstić information content (AvgIpc) is 3.64. The third-order valence-corrected chi connectivity index (χ3v) is 11.0. The van der Waals surface area contributed by atoms with Gasteiger partial charge in [-0.1, -0.05) is 23.7 Å². The highest BCUT2D eigenvalue weighted by atomic mass is 35.5. The number of aromatic carboxylic acids is 1. The lowest BCUT2D eigenvalue weighted by molar-refractivity contribution is -0.112. The SMILES string of the molecule is CP(=O)(c1ccc(Cl)cc1)N(CC1CCOCC1)c1cc(-c2ccc(NC(=O)C3=CCC=N3)cc2)sc1C(=O)O. The fraction of sp³-hybridized carbons (Fsp3) is 0.276. The van der Waals surface area contributed by atoms with E-state index in [1.165, 1.54) is 0 Å². The molecule has 3 heterocycles. The number of hydrogen-bond acceptors (Lipinski definition) is 6. The highest BCUT2D eigenvalue weighted by Crippen LogP contribution is 2.52. The molecule has 1 saturated heterocycles. The first-order valence-corrected chi connectivity index (χ1v) is 16.2. The van der Waals surface area contributed by atoms with Crippen LogP contribution in [-0.2, 0) is 14.1 Å². The zero-order valence-corrected chi connectivity index (χ0v) is 24.3. The number of aliphatic imine (C=N–C) groups is 1. The molecule has 8 nitrogen and oxygen atoms in total. The third kappa shape index (κ3) is 6.23. The Morgan fingerprint density at radius 1 is 1.15 bits per heavy atom. The van der Waals surface area contributed by atoms with Gasteiger partial charge in [0.1, 0.15) is 10.6 Å². The summed E-state index contributed by atoms with van der Waals surface area (Å²) in [6.07, 6.45) is 5.70. The summed E-state index contributed by atoms with van der Waals surface area (Å²) >= 11 is 7.24. The van der Waals surface area contributed by atoms with E-state index in [0.717, 1.165) is 34.6 Å². The van der Waals surface area contributed by atoms with Crippen LogP contribution in [0.15, 0.2) is 71.4 Å². The van der Waals surface area contributed by atoms with Gasteiger partial charge in [0, 0.05) is 60.0 Å². The van der Waals surface area contributed by atoms with Crippen LogP contribution in [0.2, 0.25) is 5.02 Å². The van der Waals surface area contributed by atoms with E-state index >= 15 is 0 Å². The molecule has 2 aliphatic heterocycles. The van der Waals surface area contributed by atoms with E-state index in [1.807, 2.05) is 18.2 Å². The second-order valence-corrected chi connectivity index (χ2v) is 14.0. The first-order valence-electron chi connectivity index (χ1n) is 12.9. The molecule has 0 aliphatic carbocycles. The number of carboxylic acids is 1. The van der Waals surface area contributed by atoms with E-state index in [9.17, 15) is 19.3 Å². The van der Waals surface area contributed by atoms with Crippen molar-refractivity contribution >= 4 is 65.0 Å². The number of anilines is 2. The standard InChI is InChI=1S/C29H29ClN3O5PS/c1-39(37,23-10-6-21(30)7-11-23)33(18-19-12-15-38-16-13-19)25-17-26(40-27(25)29(35)36)20-4-8-22(9-5-20)32-28(34)24-3-2-14-31-24/h3-11,14,17,19H,2,12-13,15-16,18H2,1H3,(H,32,34)(H,35,36). The van der Waals surface area contributed by atoms with Crippen LogP contribution in [0.25, 0.3) is 10.4 Å². The minimum Gasteiger partial charge on any atom is -0.477 e. The van der Waals surface area contributed by atoms with Crippen LogP contribution in [0.5, 0.6) is 0 Å². The number of thiophene rings is 1. The number of rotatable bonds is 9. The number of nitrogens with zero attached hydrogens (tertiary/aromatic N) is 2. The Labute approximate surface area is 241 Å². The lowest BCUT2D eigenvalue weighted by Gasteiger charge is -2.35. The Hall–Kier alpha value is -3.23. The van der Waals surface area contributed by atoms with Gasteiger partial charge >= 0.3 is 5.97 Å². The van der Waals surface area contributed by atoms with Crippen LogP contribution < -0.4 is 15.3 Å². The molecule has 2 N–H and O–H groups in total. The molecule has 208 valence electrons. The molecule has 1 aromatic heterocycles. The first kappa shape index (κ1) is 28.3. The van der Waals surface area contributed by atoms with E-state index in [0.29, 0.717) is 53.6 Å². The summed E-state index contributed by atoms with van der Waals surface area (Å²) < 4.78 is 21.8. The smallest absolute Gasteiger partial charge is 0.348 e. The van der Waals surface area contributed by atoms with E-state index in [1.54, 1.807) is 60.0 Å². The van der Waals surface area contributed by atoms with Gasteiger partial charge < -0.3 is 19.8 Å². The lowest BCUT2D eigenvalue weighted by Crippen LogP contribution is -2.33. The molecule has 2 aromatic carbocycles. The summed E-state index contributed by atoms with van der Waals surface area (Å²) in [7, 11) is -3.23. The third-order valence-electron chi connectivity index (χ3n) is 7.03. The van der Waals surface area contributed by atoms with E-state index in [4.69, 9.17) is 16.3 Å². The number of amides is 1. The van der Waals surface area contributed by atoms with Gasteiger partial charge in [-0.3, -0.25) is 14.4 Å². The summed E-state index contributed by atoms with van der Waals surface area (Å²) in [5, 5.41) is 14.2. The van der Waals surface area contributed by atoms with Gasteiger partial charge in [0.05, 0.1) is 5.69 Å². The molecule has 2 aliphatic rings. The minimum absolute atomic E-state index is 0.126. The van der Waals surface area contributed by atoms with Crippen molar-refractivity contribution in [1.29, 1.82) is 0 Å². The van der Waals surface area contributed by atoms with Crippen molar-refractivity contribution in [3.63, 3.8) is 0 Å². The molecule has 0 bridgehead atoms. The second kappa shape index (κ2) is 12.1. The number of allylic oxidation sites excluding steroid dienone is 1. The minimum atomic E-state index is -3.23. The fourth-order valence-electron chi connectivity index (χ4n) is 4.79. The van der Waals surface area contributed by atoms with Gasteiger partial charge in [0.25, 0.3) is 5.91 Å². The normalized spacial score (nSPS) is 16.8. The van der Waals surface area contributed by atoms with E-state index in [2.05, 4.69) is 10.3 Å². The number of benzene rings is 2. The molecule has 1 amide bonds. The lowest BCUT2D eigenvalue weighted by atomic mass is 10.0. The molecule has 1 atom stereocenters. The molecule has 1 unspecified atom stereocenters. The predicted molar refractivity (Wildman–Crippen MR) is 162 cm³/mol. The van der Waals surface area contributed by atoms with Crippen LogP contribution in [0.1, 0.15) is 28.9 Å². The zero-order valence-electron chi connectivity index (χ0n) is 21.9. The maximum atomic E-state index is 14.5. The number of carbonyl (C=O) groups excluding carboxylic acids is 1. The quantitative estimate of drug-likeness (QED) is 0.272. The fourth-order valence-corrected chi connectivity index (χ4v) is 8.08. The van der Waals surface area contributed by atoms with Crippen LogP contribution in [0.3, 0.4) is 0 Å². The van der Waals surface area contributed by atoms with Gasteiger partial charge in [0.2, 0.25) is 0 Å². The molecular formula is C29H29ClN3O5PS. The number of carbonyl (C=O) groups is 2. The Bertz CT molecular complexity index is 1510. The molecular weight excluding hydrogens is 569 g/mol. The number of carboxylic acid groups (broad SMARTS) is 1. The van der Waals surface area contributed by atoms with Gasteiger partial charge in [-0.2, -0.15) is 0 Å². The van der Waals surface area contributed by atoms with Crippen molar-refractivity contribution < 1.29 is 24.0 Å². The van der Waals surface area contributed by atoms with Gasteiger partial charge in [-0.25, -0.2) is 4.79 Å². The van der Waals surface area contributed by atoms with Crippen molar-refractivity contribution in [2.24, 2.45) is 10.9 Å². The molecule has 3 aromatic rings. The largest absolute Gasteiger partial charge is 0.477 e. The zero-order chi connectivity index (χ0) is 28.3. The highest BCUT2D eigenvalue weighted by Gasteiger charge is 2.34. The number of ether oxygens (including phenoxy) is 1. The summed E-state index contributed by atoms with van der Waals surface area (Å²) in [5.41, 5.74) is 2.21. The van der Waals surface area contributed by atoms with Crippen LogP contribution in [0.4, 0.5) is 11.4 Å². The molecule has 40 heavy (non-hydrogen) atoms. The van der Waals surface area contributed by atoms with Crippen LogP contribution in [0, 0.1) is 5.92 Å². The molecule has 11 heteroatoms. The van der Waals surface area contributed by atoms with Crippen molar-refractivity contribution in [3.8, 4) is 10.4 Å². The van der Waals surface area contributed by atoms with Crippen molar-refractivity contribution in [2.75, 3.05) is 36.4 Å². The van der Waals surface area contributed by atoms with Crippen LogP contribution in [-0.4, -0.2) is 49.6 Å². The molecule has 0 radical (unpaired) electrons. The molecule has 1 fully saturated rings. The van der Waals surface area contributed by atoms with Gasteiger partial charge in [0.15, 0.2) is 7.29 Å². The Balaban J connectivity index is 1.49. The van der Waals surface area contributed by atoms with Gasteiger partial charge in [-0.05, 0) is 72.9 Å². The summed E-state index contributed by atoms with van der Waals surface area (Å²) in [6, 6.07) is 15.9. The maximum Gasteiger partial charge on any atom is 0.348 e. The first-order chi connectivity index (χ1) is 19.2.